The molecule has 0 saturated carbocycles. The molecular formula is C28H27NO4S. The first kappa shape index (κ1) is 23.6. The minimum absolute atomic E-state index is 0.261. The molecule has 34 heavy (non-hydrogen) atoms. The summed E-state index contributed by atoms with van der Waals surface area (Å²) in [6, 6.07) is 21.5. The maximum Gasteiger partial charge on any atom is 0.293 e. The average molecular weight is 474 g/mol. The van der Waals surface area contributed by atoms with Gasteiger partial charge in [0.2, 0.25) is 0 Å². The number of aryl methyl sites for hydroxylation is 2. The molecule has 1 aliphatic heterocycles. The molecule has 0 aliphatic carbocycles. The van der Waals surface area contributed by atoms with Crippen LogP contribution in [0.15, 0.2) is 71.6 Å². The maximum atomic E-state index is 13.0. The molecule has 0 N–H and O–H groups in total. The van der Waals surface area contributed by atoms with Gasteiger partial charge in [0.15, 0.2) is 11.5 Å². The molecule has 6 heteroatoms. The fraction of sp³-hybridized carbons (Fsp3) is 0.214. The third-order valence-electron chi connectivity index (χ3n) is 5.54. The number of imide groups is 1. The van der Waals surface area contributed by atoms with Crippen LogP contribution in [-0.4, -0.2) is 22.7 Å². The second kappa shape index (κ2) is 10.6. The number of hydrogen-bond acceptors (Lipinski definition) is 5. The number of rotatable bonds is 8. The number of benzene rings is 3. The summed E-state index contributed by atoms with van der Waals surface area (Å²) >= 11 is 0.960. The molecular weight excluding hydrogens is 446 g/mol. The van der Waals surface area contributed by atoms with E-state index >= 15 is 0 Å². The zero-order valence-electron chi connectivity index (χ0n) is 19.5. The van der Waals surface area contributed by atoms with Gasteiger partial charge in [-0.3, -0.25) is 14.5 Å². The van der Waals surface area contributed by atoms with E-state index in [0.717, 1.165) is 34.0 Å². The molecule has 0 bridgehead atoms. The third-order valence-corrected chi connectivity index (χ3v) is 6.45. The average Bonchev–Trinajstić information content (AvgIpc) is 3.08. The minimum Gasteiger partial charge on any atom is -0.490 e. The zero-order valence-corrected chi connectivity index (χ0v) is 20.4. The van der Waals surface area contributed by atoms with Crippen LogP contribution in [0.25, 0.3) is 6.08 Å². The van der Waals surface area contributed by atoms with Gasteiger partial charge in [0.1, 0.15) is 6.61 Å². The first-order valence-electron chi connectivity index (χ1n) is 11.2. The molecule has 2 amide bonds. The fourth-order valence-electron chi connectivity index (χ4n) is 3.59. The van der Waals surface area contributed by atoms with Crippen LogP contribution in [0.4, 0.5) is 4.79 Å². The predicted octanol–water partition coefficient (Wildman–Crippen LogP) is 6.52. The molecule has 0 radical (unpaired) electrons. The molecule has 0 atom stereocenters. The Bertz CT molecular complexity index is 1230. The molecule has 1 heterocycles. The van der Waals surface area contributed by atoms with E-state index in [4.69, 9.17) is 9.47 Å². The highest BCUT2D eigenvalue weighted by molar-refractivity contribution is 8.18. The first-order valence-corrected chi connectivity index (χ1v) is 12.0. The summed E-state index contributed by atoms with van der Waals surface area (Å²) in [5.74, 6) is 0.950. The third kappa shape index (κ3) is 5.51. The summed E-state index contributed by atoms with van der Waals surface area (Å²) in [4.78, 5) is 27.2. The van der Waals surface area contributed by atoms with Crippen molar-refractivity contribution in [2.75, 3.05) is 6.61 Å². The Morgan fingerprint density at radius 1 is 0.912 bits per heavy atom. The lowest BCUT2D eigenvalue weighted by Crippen LogP contribution is -2.27. The normalized spacial score (nSPS) is 14.7. The summed E-state index contributed by atoms with van der Waals surface area (Å²) in [6.45, 7) is 7.11. The Morgan fingerprint density at radius 2 is 1.68 bits per heavy atom. The highest BCUT2D eigenvalue weighted by Crippen LogP contribution is 2.35. The number of carbonyl (C=O) groups is 2. The van der Waals surface area contributed by atoms with E-state index in [0.29, 0.717) is 29.6 Å². The van der Waals surface area contributed by atoms with Crippen LogP contribution in [0.3, 0.4) is 0 Å². The van der Waals surface area contributed by atoms with Crippen LogP contribution in [0.5, 0.6) is 11.5 Å². The van der Waals surface area contributed by atoms with E-state index in [1.54, 1.807) is 6.08 Å². The van der Waals surface area contributed by atoms with Gasteiger partial charge < -0.3 is 9.47 Å². The zero-order chi connectivity index (χ0) is 24.1. The summed E-state index contributed by atoms with van der Waals surface area (Å²) in [7, 11) is 0. The Hall–Kier alpha value is -3.51. The van der Waals surface area contributed by atoms with Gasteiger partial charge in [-0.25, -0.2) is 0 Å². The van der Waals surface area contributed by atoms with Crippen LogP contribution in [0, 0.1) is 13.8 Å². The van der Waals surface area contributed by atoms with Crippen LogP contribution >= 0.6 is 11.8 Å². The quantitative estimate of drug-likeness (QED) is 0.349. The highest BCUT2D eigenvalue weighted by Gasteiger charge is 2.35. The fourth-order valence-corrected chi connectivity index (χ4v) is 4.43. The van der Waals surface area contributed by atoms with Crippen LogP contribution in [-0.2, 0) is 17.9 Å². The van der Waals surface area contributed by atoms with Gasteiger partial charge in [-0.15, -0.1) is 0 Å². The van der Waals surface area contributed by atoms with E-state index in [2.05, 4.69) is 12.1 Å². The Labute approximate surface area is 204 Å². The van der Waals surface area contributed by atoms with E-state index in [9.17, 15) is 9.59 Å². The largest absolute Gasteiger partial charge is 0.490 e. The second-order valence-corrected chi connectivity index (χ2v) is 9.10. The van der Waals surface area contributed by atoms with Crippen molar-refractivity contribution in [1.82, 2.24) is 4.90 Å². The standard InChI is InChI=1S/C28H27NO4S/c1-4-32-25-15-22(13-14-24(25)33-18-21-11-9-19(2)10-12-21)16-26-27(30)29(28(31)34-26)17-23-8-6-5-7-20(23)3/h5-16H,4,17-18H2,1-3H3/b26-16-. The van der Waals surface area contributed by atoms with Crippen molar-refractivity contribution in [2.45, 2.75) is 33.9 Å². The van der Waals surface area contributed by atoms with E-state index in [1.165, 1.54) is 10.5 Å². The van der Waals surface area contributed by atoms with Gasteiger partial charge >= 0.3 is 0 Å². The monoisotopic (exact) mass is 473 g/mol. The molecule has 1 fully saturated rings. The lowest BCUT2D eigenvalue weighted by molar-refractivity contribution is -0.123. The van der Waals surface area contributed by atoms with Gasteiger partial charge in [-0.05, 0) is 73.0 Å². The van der Waals surface area contributed by atoms with Crippen LogP contribution in [0.1, 0.15) is 34.7 Å². The number of nitrogens with zero attached hydrogens (tertiary/aromatic N) is 1. The number of amides is 2. The summed E-state index contributed by atoms with van der Waals surface area (Å²) in [5.41, 5.74) is 5.05. The van der Waals surface area contributed by atoms with Crippen molar-refractivity contribution >= 4 is 29.0 Å². The van der Waals surface area contributed by atoms with Gasteiger partial charge in [0.25, 0.3) is 11.1 Å². The van der Waals surface area contributed by atoms with Crippen LogP contribution in [0.2, 0.25) is 0 Å². The SMILES string of the molecule is CCOc1cc(/C=C2\SC(=O)N(Cc3ccccc3C)C2=O)ccc1OCc1ccc(C)cc1. The molecule has 0 spiro atoms. The smallest absolute Gasteiger partial charge is 0.293 e. The Morgan fingerprint density at radius 3 is 2.41 bits per heavy atom. The molecule has 3 aromatic carbocycles. The number of hydrogen-bond donors (Lipinski definition) is 0. The number of carbonyl (C=O) groups excluding carboxylic acids is 2. The molecule has 0 aromatic heterocycles. The van der Waals surface area contributed by atoms with Gasteiger partial charge in [-0.1, -0.05) is 60.2 Å². The molecule has 5 nitrogen and oxygen atoms in total. The lowest BCUT2D eigenvalue weighted by atomic mass is 10.1. The molecule has 174 valence electrons. The highest BCUT2D eigenvalue weighted by atomic mass is 32.2. The molecule has 3 aromatic rings. The summed E-state index contributed by atoms with van der Waals surface area (Å²) in [6.07, 6.45) is 1.73. The van der Waals surface area contributed by atoms with Gasteiger partial charge in [-0.2, -0.15) is 0 Å². The second-order valence-electron chi connectivity index (χ2n) is 8.11. The summed E-state index contributed by atoms with van der Waals surface area (Å²) < 4.78 is 11.8. The predicted molar refractivity (Wildman–Crippen MR) is 136 cm³/mol. The molecule has 1 saturated heterocycles. The van der Waals surface area contributed by atoms with Gasteiger partial charge in [0, 0.05) is 0 Å². The maximum absolute atomic E-state index is 13.0. The summed E-state index contributed by atoms with van der Waals surface area (Å²) in [5, 5.41) is -0.261. The Kier molecular flexibility index (Phi) is 7.38. The van der Waals surface area contributed by atoms with Crippen molar-refractivity contribution < 1.29 is 19.1 Å². The van der Waals surface area contributed by atoms with Crippen molar-refractivity contribution in [3.8, 4) is 11.5 Å². The lowest BCUT2D eigenvalue weighted by Gasteiger charge is -2.14. The molecule has 1 aliphatic rings. The molecule has 0 unspecified atom stereocenters. The first-order chi connectivity index (χ1) is 16.4. The number of thioether (sulfide) groups is 1. The van der Waals surface area contributed by atoms with E-state index < -0.39 is 0 Å². The van der Waals surface area contributed by atoms with Crippen molar-refractivity contribution in [3.63, 3.8) is 0 Å². The van der Waals surface area contributed by atoms with E-state index in [-0.39, 0.29) is 17.7 Å². The van der Waals surface area contributed by atoms with E-state index in [1.807, 2.05) is 75.4 Å². The topological polar surface area (TPSA) is 55.8 Å². The Balaban J connectivity index is 1.51. The minimum atomic E-state index is -0.282. The van der Waals surface area contributed by atoms with Crippen molar-refractivity contribution in [3.05, 3.63) is 99.5 Å². The van der Waals surface area contributed by atoms with Crippen LogP contribution < -0.4 is 9.47 Å². The van der Waals surface area contributed by atoms with Gasteiger partial charge in [0.05, 0.1) is 18.1 Å². The van der Waals surface area contributed by atoms with Crippen molar-refractivity contribution in [1.29, 1.82) is 0 Å². The van der Waals surface area contributed by atoms with Crippen molar-refractivity contribution in [2.24, 2.45) is 0 Å². The molecule has 4 rings (SSSR count). The number of ether oxygens (including phenoxy) is 2.